The first kappa shape index (κ1) is 16.4. The number of hydrogen-bond acceptors (Lipinski definition) is 2. The number of rotatable bonds is 4. The fourth-order valence-corrected chi connectivity index (χ4v) is 1.91. The second kappa shape index (κ2) is 7.89. The van der Waals surface area contributed by atoms with Crippen LogP contribution in [0.15, 0.2) is 54.6 Å². The minimum Gasteiger partial charge on any atom is -0.268 e. The average Bonchev–Trinajstić information content (AvgIpc) is 2.58. The highest BCUT2D eigenvalue weighted by molar-refractivity contribution is 5.97. The monoisotopic (exact) mass is 312 g/mol. The largest absolute Gasteiger partial charge is 0.269 e. The van der Waals surface area contributed by atoms with E-state index in [0.29, 0.717) is 11.1 Å². The molecule has 0 radical (unpaired) electrons. The van der Waals surface area contributed by atoms with Gasteiger partial charge in [0.2, 0.25) is 0 Å². The van der Waals surface area contributed by atoms with Crippen molar-refractivity contribution in [2.24, 2.45) is 0 Å². The minimum atomic E-state index is -0.507. The molecule has 2 aromatic rings. The van der Waals surface area contributed by atoms with E-state index in [9.17, 15) is 14.0 Å². The molecule has 23 heavy (non-hydrogen) atoms. The third-order valence-corrected chi connectivity index (χ3v) is 3.20. The Morgan fingerprint density at radius 3 is 2.48 bits per heavy atom. The summed E-state index contributed by atoms with van der Waals surface area (Å²) >= 11 is 0. The molecule has 118 valence electrons. The SMILES string of the molecule is CCc1ccc(C(=O)NNC(=O)/C=C/c2cccc(F)c2)cc1. The molecule has 4 nitrogen and oxygen atoms in total. The van der Waals surface area contributed by atoms with Crippen molar-refractivity contribution in [3.63, 3.8) is 0 Å². The van der Waals surface area contributed by atoms with Crippen LogP contribution in [0.25, 0.3) is 6.08 Å². The molecule has 2 N–H and O–H groups in total. The zero-order valence-electron chi connectivity index (χ0n) is 12.7. The van der Waals surface area contributed by atoms with E-state index in [-0.39, 0.29) is 5.82 Å². The van der Waals surface area contributed by atoms with E-state index in [1.807, 2.05) is 19.1 Å². The molecular formula is C18H17FN2O2. The molecule has 2 amide bonds. The van der Waals surface area contributed by atoms with Crippen LogP contribution in [-0.2, 0) is 11.2 Å². The number of hydrazine groups is 1. The first-order valence-corrected chi connectivity index (χ1v) is 7.21. The number of aryl methyl sites for hydroxylation is 1. The van der Waals surface area contributed by atoms with Gasteiger partial charge in [0, 0.05) is 11.6 Å². The van der Waals surface area contributed by atoms with Gasteiger partial charge in [-0.2, -0.15) is 0 Å². The van der Waals surface area contributed by atoms with Crippen LogP contribution < -0.4 is 10.9 Å². The summed E-state index contributed by atoms with van der Waals surface area (Å²) in [5, 5.41) is 0. The summed E-state index contributed by atoms with van der Waals surface area (Å²) in [6.45, 7) is 2.03. The summed E-state index contributed by atoms with van der Waals surface area (Å²) in [6.07, 6.45) is 3.57. The van der Waals surface area contributed by atoms with Gasteiger partial charge in [-0.15, -0.1) is 0 Å². The number of nitrogens with one attached hydrogen (secondary N) is 2. The lowest BCUT2D eigenvalue weighted by molar-refractivity contribution is -0.117. The lowest BCUT2D eigenvalue weighted by atomic mass is 10.1. The van der Waals surface area contributed by atoms with Crippen molar-refractivity contribution in [1.82, 2.24) is 10.9 Å². The van der Waals surface area contributed by atoms with Crippen molar-refractivity contribution in [3.05, 3.63) is 77.1 Å². The van der Waals surface area contributed by atoms with Crippen LogP contribution in [0.3, 0.4) is 0 Å². The van der Waals surface area contributed by atoms with Crippen LogP contribution >= 0.6 is 0 Å². The predicted molar refractivity (Wildman–Crippen MR) is 86.9 cm³/mol. The molecule has 2 aromatic carbocycles. The van der Waals surface area contributed by atoms with Crippen molar-refractivity contribution in [3.8, 4) is 0 Å². The molecule has 0 spiro atoms. The van der Waals surface area contributed by atoms with Gasteiger partial charge in [0.25, 0.3) is 11.8 Å². The Morgan fingerprint density at radius 1 is 1.09 bits per heavy atom. The summed E-state index contributed by atoms with van der Waals surface area (Å²) < 4.78 is 13.0. The highest BCUT2D eigenvalue weighted by atomic mass is 19.1. The second-order valence-electron chi connectivity index (χ2n) is 4.88. The number of hydrogen-bond donors (Lipinski definition) is 2. The Kier molecular flexibility index (Phi) is 5.63. The van der Waals surface area contributed by atoms with E-state index in [2.05, 4.69) is 10.9 Å². The summed E-state index contributed by atoms with van der Waals surface area (Å²) in [7, 11) is 0. The number of amides is 2. The van der Waals surface area contributed by atoms with Crippen LogP contribution in [-0.4, -0.2) is 11.8 Å². The van der Waals surface area contributed by atoms with Gasteiger partial charge in [-0.25, -0.2) is 4.39 Å². The van der Waals surface area contributed by atoms with Gasteiger partial charge >= 0.3 is 0 Å². The minimum absolute atomic E-state index is 0.378. The van der Waals surface area contributed by atoms with Crippen molar-refractivity contribution < 1.29 is 14.0 Å². The first-order valence-electron chi connectivity index (χ1n) is 7.21. The van der Waals surface area contributed by atoms with Crippen LogP contribution in [0.4, 0.5) is 4.39 Å². The Bertz CT molecular complexity index is 724. The second-order valence-corrected chi connectivity index (χ2v) is 4.88. The Hall–Kier alpha value is -2.95. The maximum absolute atomic E-state index is 13.0. The highest BCUT2D eigenvalue weighted by Gasteiger charge is 2.05. The molecule has 0 bridgehead atoms. The maximum atomic E-state index is 13.0. The molecular weight excluding hydrogens is 295 g/mol. The third-order valence-electron chi connectivity index (χ3n) is 3.20. The normalized spacial score (nSPS) is 10.5. The summed E-state index contributed by atoms with van der Waals surface area (Å²) in [6, 6.07) is 13.0. The number of halogens is 1. The number of benzene rings is 2. The van der Waals surface area contributed by atoms with Crippen LogP contribution in [0.5, 0.6) is 0 Å². The van der Waals surface area contributed by atoms with Crippen molar-refractivity contribution in [2.45, 2.75) is 13.3 Å². The third kappa shape index (κ3) is 5.07. The molecule has 0 aliphatic heterocycles. The van der Waals surface area contributed by atoms with Gasteiger partial charge in [0.15, 0.2) is 0 Å². The molecule has 0 unspecified atom stereocenters. The molecule has 0 atom stereocenters. The first-order chi connectivity index (χ1) is 11.1. The standard InChI is InChI=1S/C18H17FN2O2/c1-2-13-6-9-15(10-7-13)18(23)21-20-17(22)11-8-14-4-3-5-16(19)12-14/h3-12H,2H2,1H3,(H,20,22)(H,21,23)/b11-8+. The van der Waals surface area contributed by atoms with Crippen LogP contribution in [0, 0.1) is 5.82 Å². The molecule has 2 rings (SSSR count). The molecule has 5 heteroatoms. The van der Waals surface area contributed by atoms with Gasteiger partial charge in [-0.1, -0.05) is 31.2 Å². The predicted octanol–water partition coefficient (Wildman–Crippen LogP) is 2.86. The fraction of sp³-hybridized carbons (Fsp3) is 0.111. The van der Waals surface area contributed by atoms with Crippen molar-refractivity contribution >= 4 is 17.9 Å². The fourth-order valence-electron chi connectivity index (χ4n) is 1.91. The molecule has 0 aliphatic carbocycles. The van der Waals surface area contributed by atoms with Gasteiger partial charge < -0.3 is 0 Å². The molecule has 0 saturated heterocycles. The molecule has 0 aromatic heterocycles. The van der Waals surface area contributed by atoms with E-state index >= 15 is 0 Å². The Labute approximate surface area is 134 Å². The lowest BCUT2D eigenvalue weighted by Crippen LogP contribution is -2.40. The van der Waals surface area contributed by atoms with Crippen LogP contribution in [0.1, 0.15) is 28.4 Å². The van der Waals surface area contributed by atoms with E-state index in [0.717, 1.165) is 12.0 Å². The molecule has 0 saturated carbocycles. The molecule has 0 aliphatic rings. The van der Waals surface area contributed by atoms with Crippen molar-refractivity contribution in [1.29, 1.82) is 0 Å². The van der Waals surface area contributed by atoms with E-state index in [1.54, 1.807) is 24.3 Å². The van der Waals surface area contributed by atoms with E-state index < -0.39 is 11.8 Å². The molecule has 0 fully saturated rings. The lowest BCUT2D eigenvalue weighted by Gasteiger charge is -2.06. The Balaban J connectivity index is 1.87. The van der Waals surface area contributed by atoms with Gasteiger partial charge in [0.05, 0.1) is 0 Å². The van der Waals surface area contributed by atoms with E-state index in [1.165, 1.54) is 24.3 Å². The highest BCUT2D eigenvalue weighted by Crippen LogP contribution is 2.06. The molecule has 0 heterocycles. The van der Waals surface area contributed by atoms with E-state index in [4.69, 9.17) is 0 Å². The van der Waals surface area contributed by atoms with Gasteiger partial charge in [-0.3, -0.25) is 20.4 Å². The van der Waals surface area contributed by atoms with Gasteiger partial charge in [0.1, 0.15) is 5.82 Å². The summed E-state index contributed by atoms with van der Waals surface area (Å²) in [4.78, 5) is 23.5. The topological polar surface area (TPSA) is 58.2 Å². The summed E-state index contributed by atoms with van der Waals surface area (Å²) in [5.41, 5.74) is 6.74. The van der Waals surface area contributed by atoms with Gasteiger partial charge in [-0.05, 0) is 47.9 Å². The zero-order valence-corrected chi connectivity index (χ0v) is 12.7. The number of carbonyl (C=O) groups is 2. The summed E-state index contributed by atoms with van der Waals surface area (Å²) in [5.74, 6) is -1.29. The van der Waals surface area contributed by atoms with Crippen LogP contribution in [0.2, 0.25) is 0 Å². The maximum Gasteiger partial charge on any atom is 0.269 e. The zero-order chi connectivity index (χ0) is 16.7. The number of carbonyl (C=O) groups excluding carboxylic acids is 2. The Morgan fingerprint density at radius 2 is 1.83 bits per heavy atom. The average molecular weight is 312 g/mol. The smallest absolute Gasteiger partial charge is 0.268 e. The van der Waals surface area contributed by atoms with Crippen molar-refractivity contribution in [2.75, 3.05) is 0 Å². The quantitative estimate of drug-likeness (QED) is 0.674.